The van der Waals surface area contributed by atoms with Gasteiger partial charge in [-0.3, -0.25) is 0 Å². The van der Waals surface area contributed by atoms with Crippen molar-refractivity contribution in [3.05, 3.63) is 0 Å². The molecule has 18 heavy (non-hydrogen) atoms. The third-order valence-corrected chi connectivity index (χ3v) is 4.88. The molecule has 1 aliphatic carbocycles. The summed E-state index contributed by atoms with van der Waals surface area (Å²) in [6, 6.07) is 0. The molecule has 0 unspecified atom stereocenters. The van der Waals surface area contributed by atoms with Gasteiger partial charge in [-0.2, -0.15) is 0 Å². The standard InChI is InChI=1S/C15H30N2O/c1-18-13-14-5-10-17(11-6-14)12-9-15(16)7-3-2-4-8-15/h14H,2-13,16H2,1H3. The number of methoxy groups -OCH3 is 1. The van der Waals surface area contributed by atoms with Crippen LogP contribution in [0.4, 0.5) is 0 Å². The highest BCUT2D eigenvalue weighted by atomic mass is 16.5. The van der Waals surface area contributed by atoms with Crippen molar-refractivity contribution in [2.75, 3.05) is 33.4 Å². The predicted octanol–water partition coefficient (Wildman–Crippen LogP) is 2.40. The molecule has 2 fully saturated rings. The fourth-order valence-corrected chi connectivity index (χ4v) is 3.50. The first kappa shape index (κ1) is 14.3. The zero-order valence-corrected chi connectivity index (χ0v) is 12.0. The molecule has 0 aromatic heterocycles. The molecule has 0 aromatic rings. The van der Waals surface area contributed by atoms with Crippen LogP contribution >= 0.6 is 0 Å². The van der Waals surface area contributed by atoms with Gasteiger partial charge in [-0.25, -0.2) is 0 Å². The van der Waals surface area contributed by atoms with Gasteiger partial charge in [-0.15, -0.1) is 0 Å². The van der Waals surface area contributed by atoms with Crippen molar-refractivity contribution in [2.24, 2.45) is 11.7 Å². The Hall–Kier alpha value is -0.120. The number of nitrogens with zero attached hydrogens (tertiary/aromatic N) is 1. The summed E-state index contributed by atoms with van der Waals surface area (Å²) < 4.78 is 5.25. The molecule has 2 N–H and O–H groups in total. The van der Waals surface area contributed by atoms with Crippen LogP contribution < -0.4 is 5.73 Å². The maximum absolute atomic E-state index is 6.50. The molecule has 0 bridgehead atoms. The van der Waals surface area contributed by atoms with Crippen LogP contribution in [0.2, 0.25) is 0 Å². The molecular formula is C15H30N2O. The molecule has 0 aromatic carbocycles. The Labute approximate surface area is 112 Å². The first-order valence-electron chi connectivity index (χ1n) is 7.72. The number of hydrogen-bond donors (Lipinski definition) is 1. The molecule has 1 saturated heterocycles. The van der Waals surface area contributed by atoms with Crippen LogP contribution in [-0.4, -0.2) is 43.8 Å². The summed E-state index contributed by atoms with van der Waals surface area (Å²) in [5, 5.41) is 0. The summed E-state index contributed by atoms with van der Waals surface area (Å²) in [5.74, 6) is 0.785. The molecule has 1 heterocycles. The first-order chi connectivity index (χ1) is 8.72. The summed E-state index contributed by atoms with van der Waals surface area (Å²) >= 11 is 0. The van der Waals surface area contributed by atoms with Gasteiger partial charge in [-0.05, 0) is 57.7 Å². The SMILES string of the molecule is COCC1CCN(CCC2(N)CCCCC2)CC1. The number of nitrogens with two attached hydrogens (primary N) is 1. The van der Waals surface area contributed by atoms with Crippen LogP contribution in [0.15, 0.2) is 0 Å². The molecule has 2 rings (SSSR count). The second-order valence-electron chi connectivity index (χ2n) is 6.41. The maximum Gasteiger partial charge on any atom is 0.0491 e. The quantitative estimate of drug-likeness (QED) is 0.819. The van der Waals surface area contributed by atoms with Gasteiger partial charge in [0, 0.05) is 19.3 Å². The van der Waals surface area contributed by atoms with E-state index in [-0.39, 0.29) is 5.54 Å². The summed E-state index contributed by atoms with van der Waals surface area (Å²) in [7, 11) is 1.81. The van der Waals surface area contributed by atoms with Crippen molar-refractivity contribution < 1.29 is 4.74 Å². The normalized spacial score (nSPS) is 26.3. The Bertz CT molecular complexity index is 231. The van der Waals surface area contributed by atoms with E-state index in [1.807, 2.05) is 7.11 Å². The number of rotatable bonds is 5. The van der Waals surface area contributed by atoms with Gasteiger partial charge < -0.3 is 15.4 Å². The van der Waals surface area contributed by atoms with Gasteiger partial charge in [0.25, 0.3) is 0 Å². The molecule has 3 heteroatoms. The Balaban J connectivity index is 1.65. The highest BCUT2D eigenvalue weighted by molar-refractivity contribution is 4.88. The summed E-state index contributed by atoms with van der Waals surface area (Å²) in [4.78, 5) is 2.61. The van der Waals surface area contributed by atoms with Crippen molar-refractivity contribution in [2.45, 2.75) is 56.9 Å². The minimum absolute atomic E-state index is 0.154. The Morgan fingerprint density at radius 2 is 1.83 bits per heavy atom. The zero-order valence-electron chi connectivity index (χ0n) is 12.0. The average Bonchev–Trinajstić information content (AvgIpc) is 2.39. The van der Waals surface area contributed by atoms with Gasteiger partial charge in [-0.1, -0.05) is 19.3 Å². The number of ether oxygens (including phenoxy) is 1. The molecule has 106 valence electrons. The van der Waals surface area contributed by atoms with Crippen molar-refractivity contribution >= 4 is 0 Å². The molecule has 1 aliphatic heterocycles. The van der Waals surface area contributed by atoms with Gasteiger partial charge >= 0.3 is 0 Å². The van der Waals surface area contributed by atoms with Crippen LogP contribution in [-0.2, 0) is 4.74 Å². The summed E-state index contributed by atoms with van der Waals surface area (Å²) in [6.45, 7) is 4.62. The monoisotopic (exact) mass is 254 g/mol. The molecule has 1 saturated carbocycles. The highest BCUT2D eigenvalue weighted by Gasteiger charge is 2.28. The van der Waals surface area contributed by atoms with Gasteiger partial charge in [0.2, 0.25) is 0 Å². The predicted molar refractivity (Wildman–Crippen MR) is 75.7 cm³/mol. The second-order valence-corrected chi connectivity index (χ2v) is 6.41. The van der Waals surface area contributed by atoms with E-state index < -0.39 is 0 Å². The van der Waals surface area contributed by atoms with E-state index in [9.17, 15) is 0 Å². The molecular weight excluding hydrogens is 224 g/mol. The van der Waals surface area contributed by atoms with E-state index in [0.717, 1.165) is 12.5 Å². The number of likely N-dealkylation sites (tertiary alicyclic amines) is 1. The summed E-state index contributed by atoms with van der Waals surface area (Å²) in [6.07, 6.45) is 10.3. The smallest absolute Gasteiger partial charge is 0.0491 e. The molecule has 0 atom stereocenters. The largest absolute Gasteiger partial charge is 0.384 e. The van der Waals surface area contributed by atoms with Gasteiger partial charge in [0.05, 0.1) is 0 Å². The lowest BCUT2D eigenvalue weighted by molar-refractivity contribution is 0.0940. The number of piperidine rings is 1. The maximum atomic E-state index is 6.50. The van der Waals surface area contributed by atoms with Crippen LogP contribution in [0.5, 0.6) is 0 Å². The van der Waals surface area contributed by atoms with E-state index in [0.29, 0.717) is 0 Å². The Morgan fingerprint density at radius 1 is 1.17 bits per heavy atom. The van der Waals surface area contributed by atoms with Crippen molar-refractivity contribution in [1.82, 2.24) is 4.90 Å². The topological polar surface area (TPSA) is 38.5 Å². The lowest BCUT2D eigenvalue weighted by atomic mass is 9.80. The fraction of sp³-hybridized carbons (Fsp3) is 1.00. The van der Waals surface area contributed by atoms with Crippen molar-refractivity contribution in [1.29, 1.82) is 0 Å². The number of hydrogen-bond acceptors (Lipinski definition) is 3. The minimum atomic E-state index is 0.154. The lowest BCUT2D eigenvalue weighted by Gasteiger charge is -2.37. The molecule has 0 amide bonds. The van der Waals surface area contributed by atoms with Gasteiger partial charge in [0.15, 0.2) is 0 Å². The van der Waals surface area contributed by atoms with E-state index in [4.69, 9.17) is 10.5 Å². The first-order valence-corrected chi connectivity index (χ1v) is 7.72. The van der Waals surface area contributed by atoms with E-state index >= 15 is 0 Å². The van der Waals surface area contributed by atoms with E-state index in [2.05, 4.69) is 4.90 Å². The highest BCUT2D eigenvalue weighted by Crippen LogP contribution is 2.29. The van der Waals surface area contributed by atoms with Crippen LogP contribution in [0.1, 0.15) is 51.4 Å². The molecule has 3 nitrogen and oxygen atoms in total. The minimum Gasteiger partial charge on any atom is -0.384 e. The lowest BCUT2D eigenvalue weighted by Crippen LogP contribution is -2.46. The Kier molecular flexibility index (Phi) is 5.46. The second kappa shape index (κ2) is 6.88. The van der Waals surface area contributed by atoms with Crippen LogP contribution in [0.25, 0.3) is 0 Å². The summed E-state index contributed by atoms with van der Waals surface area (Å²) in [5.41, 5.74) is 6.66. The average molecular weight is 254 g/mol. The van der Waals surface area contributed by atoms with Crippen LogP contribution in [0.3, 0.4) is 0 Å². The molecule has 0 radical (unpaired) electrons. The van der Waals surface area contributed by atoms with E-state index in [1.165, 1.54) is 71.0 Å². The van der Waals surface area contributed by atoms with Crippen molar-refractivity contribution in [3.8, 4) is 0 Å². The molecule has 0 spiro atoms. The van der Waals surface area contributed by atoms with Gasteiger partial charge in [0.1, 0.15) is 0 Å². The third kappa shape index (κ3) is 4.22. The third-order valence-electron chi connectivity index (χ3n) is 4.88. The van der Waals surface area contributed by atoms with Crippen LogP contribution in [0, 0.1) is 5.92 Å². The Morgan fingerprint density at radius 3 is 2.44 bits per heavy atom. The van der Waals surface area contributed by atoms with E-state index in [1.54, 1.807) is 0 Å². The van der Waals surface area contributed by atoms with Crippen molar-refractivity contribution in [3.63, 3.8) is 0 Å². The fourth-order valence-electron chi connectivity index (χ4n) is 3.50. The zero-order chi connectivity index (χ0) is 12.8. The molecule has 2 aliphatic rings.